The van der Waals surface area contributed by atoms with Gasteiger partial charge < -0.3 is 11.1 Å². The van der Waals surface area contributed by atoms with Gasteiger partial charge in [0.05, 0.1) is 10.5 Å². The Kier molecular flexibility index (Phi) is 3.35. The summed E-state index contributed by atoms with van der Waals surface area (Å²) in [6, 6.07) is 0. The molecule has 18 heavy (non-hydrogen) atoms. The molecule has 1 rings (SSSR count). The number of carbonyl (C=O) groups is 1. The third-order valence-corrected chi connectivity index (χ3v) is 2.41. The van der Waals surface area contributed by atoms with E-state index in [0.29, 0.717) is 0 Å². The van der Waals surface area contributed by atoms with E-state index in [2.05, 4.69) is 10.3 Å². The van der Waals surface area contributed by atoms with Crippen LogP contribution in [0, 0.1) is 10.1 Å². The number of hydrogen-bond donors (Lipinski definition) is 3. The maximum Gasteiger partial charge on any atom is 0.375 e. The third kappa shape index (κ3) is 2.62. The molecule has 1 heterocycles. The van der Waals surface area contributed by atoms with Crippen LogP contribution in [0.15, 0.2) is 4.79 Å². The van der Waals surface area contributed by atoms with Crippen LogP contribution < -0.4 is 16.6 Å². The Hall–Kier alpha value is -2.45. The Labute approximate surface area is 102 Å². The summed E-state index contributed by atoms with van der Waals surface area (Å²) in [5.74, 6) is -0.869. The van der Waals surface area contributed by atoms with E-state index in [1.54, 1.807) is 0 Å². The number of nitrogens with one attached hydrogen (secondary N) is 2. The van der Waals surface area contributed by atoms with Crippen LogP contribution in [-0.4, -0.2) is 26.2 Å². The molecule has 4 N–H and O–H groups in total. The SMILES string of the molecule is CC(=O)C(C)(C)Nc1nc(N)[nH]c(=O)c1[N+](=O)[O-]. The number of Topliss-reactive ketones (excluding diaryl/α,β-unsaturated/α-hetero) is 1. The first-order valence-electron chi connectivity index (χ1n) is 4.98. The number of nitrogens with two attached hydrogens (primary N) is 1. The third-order valence-electron chi connectivity index (χ3n) is 2.41. The molecule has 0 amide bonds. The molecule has 9 nitrogen and oxygen atoms in total. The van der Waals surface area contributed by atoms with Crippen molar-refractivity contribution >= 4 is 23.2 Å². The van der Waals surface area contributed by atoms with Crippen molar-refractivity contribution in [3.05, 3.63) is 20.5 Å². The van der Waals surface area contributed by atoms with Crippen LogP contribution in [0.4, 0.5) is 17.5 Å². The van der Waals surface area contributed by atoms with Gasteiger partial charge in [0, 0.05) is 0 Å². The monoisotopic (exact) mass is 255 g/mol. The quantitative estimate of drug-likeness (QED) is 0.508. The lowest BCUT2D eigenvalue weighted by Gasteiger charge is -2.23. The van der Waals surface area contributed by atoms with E-state index < -0.39 is 21.7 Å². The summed E-state index contributed by atoms with van der Waals surface area (Å²) in [4.78, 5) is 38.3. The van der Waals surface area contributed by atoms with Crippen LogP contribution >= 0.6 is 0 Å². The number of nitro groups is 1. The van der Waals surface area contributed by atoms with Gasteiger partial charge in [0.2, 0.25) is 11.8 Å². The highest BCUT2D eigenvalue weighted by Crippen LogP contribution is 2.21. The molecule has 0 saturated carbocycles. The Morgan fingerprint density at radius 2 is 2.11 bits per heavy atom. The normalized spacial score (nSPS) is 11.1. The molecule has 0 bridgehead atoms. The zero-order valence-electron chi connectivity index (χ0n) is 10.1. The molecule has 0 aliphatic heterocycles. The second-order valence-electron chi connectivity index (χ2n) is 4.21. The molecular weight excluding hydrogens is 242 g/mol. The van der Waals surface area contributed by atoms with Crippen molar-refractivity contribution in [3.63, 3.8) is 0 Å². The van der Waals surface area contributed by atoms with Crippen molar-refractivity contribution in [2.45, 2.75) is 26.3 Å². The molecule has 0 fully saturated rings. The summed E-state index contributed by atoms with van der Waals surface area (Å²) < 4.78 is 0. The number of anilines is 2. The number of ketones is 1. The van der Waals surface area contributed by atoms with Crippen LogP contribution in [0.2, 0.25) is 0 Å². The van der Waals surface area contributed by atoms with E-state index in [9.17, 15) is 19.7 Å². The number of aromatic nitrogens is 2. The van der Waals surface area contributed by atoms with Gasteiger partial charge in [0.15, 0.2) is 5.78 Å². The van der Waals surface area contributed by atoms with E-state index in [1.165, 1.54) is 20.8 Å². The van der Waals surface area contributed by atoms with E-state index in [-0.39, 0.29) is 17.5 Å². The topological polar surface area (TPSA) is 144 Å². The number of rotatable bonds is 4. The maximum atomic E-state index is 11.4. The lowest BCUT2D eigenvalue weighted by molar-refractivity contribution is -0.385. The van der Waals surface area contributed by atoms with Crippen LogP contribution in [-0.2, 0) is 4.79 Å². The molecule has 9 heteroatoms. The molecule has 1 aromatic rings. The van der Waals surface area contributed by atoms with Crippen molar-refractivity contribution in [1.29, 1.82) is 0 Å². The van der Waals surface area contributed by atoms with Crippen LogP contribution in [0.25, 0.3) is 0 Å². The fourth-order valence-electron chi connectivity index (χ4n) is 1.12. The zero-order chi connectivity index (χ0) is 14.1. The van der Waals surface area contributed by atoms with Gasteiger partial charge in [-0.05, 0) is 20.8 Å². The second kappa shape index (κ2) is 4.43. The predicted molar refractivity (Wildman–Crippen MR) is 64.3 cm³/mol. The number of hydrogen-bond acceptors (Lipinski definition) is 7. The summed E-state index contributed by atoms with van der Waals surface area (Å²) in [7, 11) is 0. The largest absolute Gasteiger partial charge is 0.375 e. The van der Waals surface area contributed by atoms with E-state index in [0.717, 1.165) is 0 Å². The Bertz CT molecular complexity index is 563. The van der Waals surface area contributed by atoms with Crippen LogP contribution in [0.1, 0.15) is 20.8 Å². The highest BCUT2D eigenvalue weighted by molar-refractivity contribution is 5.88. The lowest BCUT2D eigenvalue weighted by Crippen LogP contribution is -2.39. The van der Waals surface area contributed by atoms with Crippen molar-refractivity contribution in [2.24, 2.45) is 0 Å². The van der Waals surface area contributed by atoms with Gasteiger partial charge in [-0.3, -0.25) is 24.7 Å². The molecular formula is C9H13N5O4. The standard InChI is InChI=1S/C9H13N5O4/c1-4(15)9(2,3)13-6-5(14(17)18)7(16)12-8(10)11-6/h1-3H3,(H4,10,11,12,13,16). The Morgan fingerprint density at radius 1 is 1.56 bits per heavy atom. The molecule has 0 aliphatic rings. The average molecular weight is 255 g/mol. The van der Waals surface area contributed by atoms with Crippen molar-refractivity contribution in [1.82, 2.24) is 9.97 Å². The molecule has 0 aliphatic carbocycles. The molecule has 0 spiro atoms. The molecule has 0 radical (unpaired) electrons. The van der Waals surface area contributed by atoms with Gasteiger partial charge in [0.1, 0.15) is 0 Å². The summed E-state index contributed by atoms with van der Waals surface area (Å²) in [6.07, 6.45) is 0. The van der Waals surface area contributed by atoms with Gasteiger partial charge in [-0.2, -0.15) is 4.98 Å². The van der Waals surface area contributed by atoms with Gasteiger partial charge in [0.25, 0.3) is 0 Å². The molecule has 0 atom stereocenters. The fourth-order valence-corrected chi connectivity index (χ4v) is 1.12. The minimum Gasteiger partial charge on any atom is -0.369 e. The number of carbonyl (C=O) groups excluding carboxylic acids is 1. The van der Waals surface area contributed by atoms with E-state index >= 15 is 0 Å². The molecule has 1 aromatic heterocycles. The number of nitrogen functional groups attached to an aromatic ring is 1. The first-order valence-corrected chi connectivity index (χ1v) is 4.98. The van der Waals surface area contributed by atoms with Gasteiger partial charge in [-0.25, -0.2) is 0 Å². The predicted octanol–water partition coefficient (Wildman–Crippen LogP) is 0.0398. The van der Waals surface area contributed by atoms with Crippen LogP contribution in [0.3, 0.4) is 0 Å². The molecule has 0 unspecified atom stereocenters. The summed E-state index contributed by atoms with van der Waals surface area (Å²) in [5.41, 5.74) is 2.45. The summed E-state index contributed by atoms with van der Waals surface area (Å²) >= 11 is 0. The van der Waals surface area contributed by atoms with E-state index in [1.807, 2.05) is 4.98 Å². The number of H-pyrrole nitrogens is 1. The minimum atomic E-state index is -1.10. The zero-order valence-corrected chi connectivity index (χ0v) is 10.1. The van der Waals surface area contributed by atoms with Crippen molar-refractivity contribution < 1.29 is 9.72 Å². The minimum absolute atomic E-state index is 0.266. The van der Waals surface area contributed by atoms with Gasteiger partial charge in [-0.15, -0.1) is 0 Å². The lowest BCUT2D eigenvalue weighted by atomic mass is 10.0. The number of aromatic amines is 1. The molecule has 0 saturated heterocycles. The maximum absolute atomic E-state index is 11.4. The van der Waals surface area contributed by atoms with E-state index in [4.69, 9.17) is 5.73 Å². The first kappa shape index (κ1) is 13.6. The smallest absolute Gasteiger partial charge is 0.369 e. The molecule has 0 aromatic carbocycles. The van der Waals surface area contributed by atoms with Crippen molar-refractivity contribution in [2.75, 3.05) is 11.1 Å². The first-order chi connectivity index (χ1) is 8.15. The fraction of sp³-hybridized carbons (Fsp3) is 0.444. The van der Waals surface area contributed by atoms with Gasteiger partial charge in [-0.1, -0.05) is 0 Å². The van der Waals surface area contributed by atoms with Crippen molar-refractivity contribution in [3.8, 4) is 0 Å². The second-order valence-corrected chi connectivity index (χ2v) is 4.21. The Balaban J connectivity index is 3.36. The molecule has 98 valence electrons. The van der Waals surface area contributed by atoms with Crippen LogP contribution in [0.5, 0.6) is 0 Å². The summed E-state index contributed by atoms with van der Waals surface area (Å²) in [6.45, 7) is 4.34. The highest BCUT2D eigenvalue weighted by atomic mass is 16.6. The average Bonchev–Trinajstić information content (AvgIpc) is 2.13. The van der Waals surface area contributed by atoms with Gasteiger partial charge >= 0.3 is 11.2 Å². The Morgan fingerprint density at radius 3 is 2.56 bits per heavy atom. The highest BCUT2D eigenvalue weighted by Gasteiger charge is 2.30. The number of nitrogens with zero attached hydrogens (tertiary/aromatic N) is 2. The summed E-state index contributed by atoms with van der Waals surface area (Å²) in [5, 5.41) is 13.3.